The van der Waals surface area contributed by atoms with Crippen LogP contribution in [0.15, 0.2) is 48.5 Å². The Balaban J connectivity index is 1.56. The van der Waals surface area contributed by atoms with Crippen LogP contribution >= 0.6 is 11.3 Å². The molecule has 0 unspecified atom stereocenters. The Morgan fingerprint density at radius 1 is 1.16 bits per heavy atom. The minimum absolute atomic E-state index is 0.264. The minimum Gasteiger partial charge on any atom is -0.452 e. The maximum atomic E-state index is 12.2. The molecular formula is C19H18N2O3S. The smallest absolute Gasteiger partial charge is 0.338 e. The van der Waals surface area contributed by atoms with Gasteiger partial charge in [0.15, 0.2) is 6.61 Å². The maximum Gasteiger partial charge on any atom is 0.338 e. The van der Waals surface area contributed by atoms with Gasteiger partial charge in [-0.25, -0.2) is 9.78 Å². The number of hydrogen-bond donors (Lipinski definition) is 0. The van der Waals surface area contributed by atoms with E-state index in [0.717, 1.165) is 20.8 Å². The van der Waals surface area contributed by atoms with E-state index in [4.69, 9.17) is 4.74 Å². The lowest BCUT2D eigenvalue weighted by atomic mass is 10.1. The van der Waals surface area contributed by atoms with Gasteiger partial charge in [-0.2, -0.15) is 0 Å². The predicted molar refractivity (Wildman–Crippen MR) is 97.6 cm³/mol. The molecule has 3 rings (SSSR count). The fourth-order valence-corrected chi connectivity index (χ4v) is 3.39. The van der Waals surface area contributed by atoms with Crippen LogP contribution in [0.25, 0.3) is 10.2 Å². The van der Waals surface area contributed by atoms with Crippen LogP contribution in [-0.2, 0) is 16.1 Å². The van der Waals surface area contributed by atoms with Crippen LogP contribution < -0.4 is 0 Å². The Hall–Kier alpha value is -2.73. The van der Waals surface area contributed by atoms with Crippen molar-refractivity contribution in [2.45, 2.75) is 13.5 Å². The summed E-state index contributed by atoms with van der Waals surface area (Å²) >= 11 is 1.55. The molecule has 0 fully saturated rings. The first-order valence-electron chi connectivity index (χ1n) is 7.85. The molecule has 1 amide bonds. The van der Waals surface area contributed by atoms with Crippen molar-refractivity contribution in [1.29, 1.82) is 0 Å². The molecule has 128 valence electrons. The van der Waals surface area contributed by atoms with Crippen molar-refractivity contribution < 1.29 is 14.3 Å². The zero-order valence-electron chi connectivity index (χ0n) is 14.1. The first-order chi connectivity index (χ1) is 12.0. The molecular weight excluding hydrogens is 336 g/mol. The highest BCUT2D eigenvalue weighted by Gasteiger charge is 2.15. The number of fused-ring (bicyclic) bond motifs is 1. The molecule has 0 radical (unpaired) electrons. The van der Waals surface area contributed by atoms with Gasteiger partial charge in [-0.05, 0) is 31.2 Å². The molecule has 3 aromatic rings. The Labute approximate surface area is 149 Å². The van der Waals surface area contributed by atoms with Gasteiger partial charge in [0.2, 0.25) is 0 Å². The second kappa shape index (κ2) is 7.44. The summed E-state index contributed by atoms with van der Waals surface area (Å²) in [4.78, 5) is 30.2. The molecule has 0 spiro atoms. The molecule has 0 aliphatic rings. The van der Waals surface area contributed by atoms with E-state index in [2.05, 4.69) is 4.98 Å². The molecule has 0 saturated carbocycles. The lowest BCUT2D eigenvalue weighted by Crippen LogP contribution is -2.30. The second-order valence-electron chi connectivity index (χ2n) is 5.77. The molecule has 5 nitrogen and oxygen atoms in total. The lowest BCUT2D eigenvalue weighted by molar-refractivity contribution is -0.133. The summed E-state index contributed by atoms with van der Waals surface area (Å²) in [5, 5.41) is 0.849. The van der Waals surface area contributed by atoms with Crippen molar-refractivity contribution >= 4 is 33.4 Å². The Morgan fingerprint density at radius 2 is 1.96 bits per heavy atom. The zero-order valence-corrected chi connectivity index (χ0v) is 14.9. The van der Waals surface area contributed by atoms with Crippen molar-refractivity contribution in [3.05, 3.63) is 64.7 Å². The van der Waals surface area contributed by atoms with Gasteiger partial charge in [0, 0.05) is 7.05 Å². The fourth-order valence-electron chi connectivity index (χ4n) is 2.37. The van der Waals surface area contributed by atoms with Gasteiger partial charge in [0.25, 0.3) is 5.91 Å². The van der Waals surface area contributed by atoms with Gasteiger partial charge in [0.1, 0.15) is 5.01 Å². The van der Waals surface area contributed by atoms with Crippen LogP contribution in [0.3, 0.4) is 0 Å². The average Bonchev–Trinajstić information content (AvgIpc) is 3.01. The van der Waals surface area contributed by atoms with Gasteiger partial charge < -0.3 is 9.64 Å². The number of esters is 1. The summed E-state index contributed by atoms with van der Waals surface area (Å²) in [6.45, 7) is 2.00. The van der Waals surface area contributed by atoms with Crippen LogP contribution in [0.2, 0.25) is 0 Å². The molecule has 25 heavy (non-hydrogen) atoms. The first kappa shape index (κ1) is 17.1. The molecule has 0 saturated heterocycles. The van der Waals surface area contributed by atoms with Gasteiger partial charge >= 0.3 is 5.97 Å². The molecule has 1 heterocycles. The van der Waals surface area contributed by atoms with E-state index < -0.39 is 5.97 Å². The zero-order chi connectivity index (χ0) is 17.8. The monoisotopic (exact) mass is 354 g/mol. The number of nitrogens with zero attached hydrogens (tertiary/aromatic N) is 2. The topological polar surface area (TPSA) is 59.5 Å². The number of benzene rings is 2. The number of aromatic nitrogens is 1. The van der Waals surface area contributed by atoms with E-state index in [1.165, 1.54) is 4.90 Å². The van der Waals surface area contributed by atoms with E-state index in [9.17, 15) is 9.59 Å². The van der Waals surface area contributed by atoms with Crippen LogP contribution in [0.5, 0.6) is 0 Å². The average molecular weight is 354 g/mol. The molecule has 0 bridgehead atoms. The Bertz CT molecular complexity index is 887. The van der Waals surface area contributed by atoms with Gasteiger partial charge in [-0.3, -0.25) is 4.79 Å². The Morgan fingerprint density at radius 3 is 2.72 bits per heavy atom. The molecule has 0 atom stereocenters. The Kier molecular flexibility index (Phi) is 5.09. The summed E-state index contributed by atoms with van der Waals surface area (Å²) in [5.74, 6) is -0.759. The number of para-hydroxylation sites is 1. The molecule has 1 aromatic heterocycles. The number of likely N-dealkylation sites (N-methyl/N-ethyl adjacent to an activating group) is 1. The number of thiazole rings is 1. The number of aryl methyl sites for hydroxylation is 1. The highest BCUT2D eigenvalue weighted by atomic mass is 32.1. The number of carbonyl (C=O) groups excluding carboxylic acids is 2. The molecule has 0 aliphatic carbocycles. The molecule has 6 heteroatoms. The number of rotatable bonds is 5. The normalized spacial score (nSPS) is 10.6. The second-order valence-corrected chi connectivity index (χ2v) is 6.89. The number of carbonyl (C=O) groups is 2. The van der Waals surface area contributed by atoms with Crippen LogP contribution in [0, 0.1) is 6.92 Å². The van der Waals surface area contributed by atoms with Crippen LogP contribution in [-0.4, -0.2) is 35.4 Å². The van der Waals surface area contributed by atoms with Gasteiger partial charge in [-0.1, -0.05) is 29.8 Å². The third kappa shape index (κ3) is 4.22. The highest BCUT2D eigenvalue weighted by molar-refractivity contribution is 7.18. The first-order valence-corrected chi connectivity index (χ1v) is 8.67. The standard InChI is InChI=1S/C19H18N2O3S/c1-13-6-5-7-14(10-13)19(23)24-12-18(22)21(2)11-17-20-15-8-3-4-9-16(15)25-17/h3-10H,11-12H2,1-2H3. The summed E-state index contributed by atoms with van der Waals surface area (Å²) in [7, 11) is 1.68. The van der Waals surface area contributed by atoms with Gasteiger partial charge in [0.05, 0.1) is 22.3 Å². The molecule has 0 aliphatic heterocycles. The SMILES string of the molecule is Cc1cccc(C(=O)OCC(=O)N(C)Cc2nc3ccccc3s2)c1. The van der Waals surface area contributed by atoms with Gasteiger partial charge in [-0.15, -0.1) is 11.3 Å². The third-order valence-corrected chi connectivity index (χ3v) is 4.74. The van der Waals surface area contributed by atoms with Crippen molar-refractivity contribution in [3.63, 3.8) is 0 Å². The minimum atomic E-state index is -0.495. The van der Waals surface area contributed by atoms with E-state index >= 15 is 0 Å². The van der Waals surface area contributed by atoms with E-state index in [1.54, 1.807) is 36.6 Å². The van der Waals surface area contributed by atoms with Crippen molar-refractivity contribution in [1.82, 2.24) is 9.88 Å². The lowest BCUT2D eigenvalue weighted by Gasteiger charge is -2.15. The quantitative estimate of drug-likeness (QED) is 0.659. The molecule has 0 N–H and O–H groups in total. The number of amides is 1. The summed E-state index contributed by atoms with van der Waals surface area (Å²) in [5.41, 5.74) is 2.34. The largest absolute Gasteiger partial charge is 0.452 e. The van der Waals surface area contributed by atoms with E-state index in [1.807, 2.05) is 37.3 Å². The van der Waals surface area contributed by atoms with Crippen molar-refractivity contribution in [3.8, 4) is 0 Å². The summed E-state index contributed by atoms with van der Waals surface area (Å²) in [6, 6.07) is 14.9. The maximum absolute atomic E-state index is 12.2. The van der Waals surface area contributed by atoms with Crippen molar-refractivity contribution in [2.24, 2.45) is 0 Å². The summed E-state index contributed by atoms with van der Waals surface area (Å²) in [6.07, 6.45) is 0. The number of hydrogen-bond acceptors (Lipinski definition) is 5. The van der Waals surface area contributed by atoms with E-state index in [-0.39, 0.29) is 12.5 Å². The summed E-state index contributed by atoms with van der Waals surface area (Å²) < 4.78 is 6.20. The fraction of sp³-hybridized carbons (Fsp3) is 0.211. The van der Waals surface area contributed by atoms with Crippen LogP contribution in [0.4, 0.5) is 0 Å². The third-order valence-electron chi connectivity index (χ3n) is 3.72. The van der Waals surface area contributed by atoms with Crippen LogP contribution in [0.1, 0.15) is 20.9 Å². The number of ether oxygens (including phenoxy) is 1. The van der Waals surface area contributed by atoms with E-state index in [0.29, 0.717) is 12.1 Å². The molecule has 2 aromatic carbocycles. The highest BCUT2D eigenvalue weighted by Crippen LogP contribution is 2.22. The predicted octanol–water partition coefficient (Wildman–Crippen LogP) is 3.42. The van der Waals surface area contributed by atoms with Crippen molar-refractivity contribution in [2.75, 3.05) is 13.7 Å².